The Labute approximate surface area is 247 Å². The van der Waals surface area contributed by atoms with Crippen LogP contribution < -0.4 is 23.7 Å². The molecule has 0 saturated heterocycles. The molecule has 7 heteroatoms. The molecule has 212 valence electrons. The fraction of sp³-hybridized carbons (Fsp3) is 0. The van der Waals surface area contributed by atoms with E-state index in [0.29, 0.717) is 46.0 Å². The fourth-order valence-electron chi connectivity index (χ4n) is 4.07. The lowest BCUT2D eigenvalue weighted by Gasteiger charge is -2.11. The Hall–Kier alpha value is -5.82. The van der Waals surface area contributed by atoms with Gasteiger partial charge in [0, 0.05) is 12.1 Å². The molecule has 0 bridgehead atoms. The quantitative estimate of drug-likeness (QED) is 0.163. The average Bonchev–Trinajstić information content (AvgIpc) is 3.02. The first-order valence-electron chi connectivity index (χ1n) is 13.4. The van der Waals surface area contributed by atoms with E-state index >= 15 is 0 Å². The third kappa shape index (κ3) is 7.28. The monoisotopic (exact) mass is 574 g/mol. The van der Waals surface area contributed by atoms with Crippen LogP contribution in [0.4, 0.5) is 8.78 Å². The van der Waals surface area contributed by atoms with Gasteiger partial charge in [0.15, 0.2) is 23.1 Å². The first kappa shape index (κ1) is 27.4. The van der Waals surface area contributed by atoms with E-state index in [1.807, 2.05) is 0 Å². The van der Waals surface area contributed by atoms with Crippen LogP contribution in [0.1, 0.15) is 0 Å². The van der Waals surface area contributed by atoms with Crippen molar-refractivity contribution in [1.82, 2.24) is 0 Å². The minimum atomic E-state index is -0.440. The van der Waals surface area contributed by atoms with E-state index in [0.717, 1.165) is 0 Å². The molecule has 0 aliphatic carbocycles. The van der Waals surface area contributed by atoms with Gasteiger partial charge in [-0.2, -0.15) is 0 Å². The molecule has 0 atom stereocenters. The lowest BCUT2D eigenvalue weighted by atomic mass is 10.3. The number of benzene rings is 6. The van der Waals surface area contributed by atoms with E-state index in [4.69, 9.17) is 23.7 Å². The number of para-hydroxylation sites is 2. The van der Waals surface area contributed by atoms with E-state index < -0.39 is 11.6 Å². The van der Waals surface area contributed by atoms with Crippen LogP contribution in [0.15, 0.2) is 146 Å². The van der Waals surface area contributed by atoms with Gasteiger partial charge in [0.25, 0.3) is 0 Å². The first-order valence-corrected chi connectivity index (χ1v) is 13.4. The first-order chi connectivity index (χ1) is 21.1. The Morgan fingerprint density at radius 1 is 0.279 bits per heavy atom. The Morgan fingerprint density at radius 3 is 0.930 bits per heavy atom. The van der Waals surface area contributed by atoms with E-state index in [1.165, 1.54) is 12.1 Å². The maximum Gasteiger partial charge on any atom is 0.165 e. The molecule has 6 aromatic carbocycles. The van der Waals surface area contributed by atoms with Crippen molar-refractivity contribution in [2.24, 2.45) is 0 Å². The van der Waals surface area contributed by atoms with Crippen LogP contribution >= 0.6 is 0 Å². The second kappa shape index (κ2) is 12.8. The molecule has 0 radical (unpaired) electrons. The van der Waals surface area contributed by atoms with Gasteiger partial charge in [0.1, 0.15) is 46.0 Å². The van der Waals surface area contributed by atoms with Crippen molar-refractivity contribution >= 4 is 0 Å². The number of halogens is 2. The number of hydrogen-bond donors (Lipinski definition) is 0. The third-order valence-electron chi connectivity index (χ3n) is 6.09. The van der Waals surface area contributed by atoms with Gasteiger partial charge in [-0.15, -0.1) is 0 Å². The zero-order chi connectivity index (χ0) is 29.4. The van der Waals surface area contributed by atoms with Crippen molar-refractivity contribution in [3.05, 3.63) is 157 Å². The van der Waals surface area contributed by atoms with E-state index in [1.54, 1.807) is 133 Å². The summed E-state index contributed by atoms with van der Waals surface area (Å²) in [4.78, 5) is 0. The molecule has 0 fully saturated rings. The fourth-order valence-corrected chi connectivity index (χ4v) is 4.07. The second-order valence-corrected chi connectivity index (χ2v) is 9.26. The molecule has 0 saturated carbocycles. The van der Waals surface area contributed by atoms with Crippen LogP contribution in [-0.4, -0.2) is 0 Å². The smallest absolute Gasteiger partial charge is 0.165 e. The molecule has 5 nitrogen and oxygen atoms in total. The van der Waals surface area contributed by atoms with Crippen LogP contribution in [0.5, 0.6) is 57.5 Å². The predicted octanol–water partition coefficient (Wildman–Crippen LogP) is 10.9. The van der Waals surface area contributed by atoms with Crippen LogP contribution in [0, 0.1) is 11.6 Å². The molecule has 43 heavy (non-hydrogen) atoms. The van der Waals surface area contributed by atoms with Gasteiger partial charge in [-0.05, 0) is 97.1 Å². The van der Waals surface area contributed by atoms with E-state index in [-0.39, 0.29) is 11.5 Å². The summed E-state index contributed by atoms with van der Waals surface area (Å²) in [6.07, 6.45) is 0. The maximum absolute atomic E-state index is 13.9. The lowest BCUT2D eigenvalue weighted by molar-refractivity contribution is 0.433. The van der Waals surface area contributed by atoms with Gasteiger partial charge in [-0.1, -0.05) is 36.4 Å². The summed E-state index contributed by atoms with van der Waals surface area (Å²) in [5.41, 5.74) is 0. The predicted molar refractivity (Wildman–Crippen MR) is 159 cm³/mol. The van der Waals surface area contributed by atoms with Gasteiger partial charge in [0.05, 0.1) is 0 Å². The Balaban J connectivity index is 1.04. The Kier molecular flexibility index (Phi) is 8.13. The molecule has 0 amide bonds. The van der Waals surface area contributed by atoms with Crippen LogP contribution in [0.25, 0.3) is 0 Å². The average molecular weight is 575 g/mol. The lowest BCUT2D eigenvalue weighted by Crippen LogP contribution is -1.90. The highest BCUT2D eigenvalue weighted by Gasteiger charge is 2.08. The molecule has 6 rings (SSSR count). The SMILES string of the molecule is Fc1ccccc1Oc1cccc(Oc2ccc(Oc3ccc(Oc4cccc(Oc5ccccc5F)c4)cc3)cc2)c1. The number of ether oxygens (including phenoxy) is 5. The summed E-state index contributed by atoms with van der Waals surface area (Å²) in [6.45, 7) is 0. The largest absolute Gasteiger partial charge is 0.457 e. The highest BCUT2D eigenvalue weighted by atomic mass is 19.1. The summed E-state index contributed by atoms with van der Waals surface area (Å²) >= 11 is 0. The molecular formula is C36H24F2O5. The Morgan fingerprint density at radius 2 is 0.581 bits per heavy atom. The highest BCUT2D eigenvalue weighted by Crippen LogP contribution is 2.33. The number of hydrogen-bond acceptors (Lipinski definition) is 5. The van der Waals surface area contributed by atoms with Gasteiger partial charge >= 0.3 is 0 Å². The summed E-state index contributed by atoms with van der Waals surface area (Å²) in [5.74, 6) is 3.84. The van der Waals surface area contributed by atoms with Gasteiger partial charge in [-0.25, -0.2) is 8.78 Å². The van der Waals surface area contributed by atoms with Crippen molar-refractivity contribution in [2.45, 2.75) is 0 Å². The maximum atomic E-state index is 13.9. The molecular weight excluding hydrogens is 550 g/mol. The third-order valence-corrected chi connectivity index (χ3v) is 6.09. The summed E-state index contributed by atoms with van der Waals surface area (Å²) < 4.78 is 57.0. The minimum Gasteiger partial charge on any atom is -0.457 e. The van der Waals surface area contributed by atoms with Crippen LogP contribution in [0.2, 0.25) is 0 Å². The summed E-state index contributed by atoms with van der Waals surface area (Å²) in [5, 5.41) is 0. The molecule has 0 aliphatic rings. The number of rotatable bonds is 10. The highest BCUT2D eigenvalue weighted by molar-refractivity contribution is 5.43. The van der Waals surface area contributed by atoms with Gasteiger partial charge < -0.3 is 23.7 Å². The van der Waals surface area contributed by atoms with Crippen molar-refractivity contribution in [3.63, 3.8) is 0 Å². The molecule has 0 aliphatic heterocycles. The minimum absolute atomic E-state index is 0.140. The van der Waals surface area contributed by atoms with E-state index in [9.17, 15) is 8.78 Å². The van der Waals surface area contributed by atoms with Crippen LogP contribution in [0.3, 0.4) is 0 Å². The van der Waals surface area contributed by atoms with Crippen molar-refractivity contribution in [3.8, 4) is 57.5 Å². The zero-order valence-electron chi connectivity index (χ0n) is 22.7. The molecule has 0 spiro atoms. The van der Waals surface area contributed by atoms with Crippen molar-refractivity contribution in [1.29, 1.82) is 0 Å². The van der Waals surface area contributed by atoms with Gasteiger partial charge in [-0.3, -0.25) is 0 Å². The normalized spacial score (nSPS) is 10.6. The standard InChI is InChI=1S/C36H24F2O5/c37-33-11-1-3-13-35(33)42-31-9-5-7-29(23-31)40-27-19-15-25(16-20-27)39-26-17-21-28(22-18-26)41-30-8-6-10-32(24-30)43-36-14-4-2-12-34(36)38/h1-24H. The van der Waals surface area contributed by atoms with Crippen LogP contribution in [-0.2, 0) is 0 Å². The second-order valence-electron chi connectivity index (χ2n) is 9.26. The molecule has 0 N–H and O–H groups in total. The van der Waals surface area contributed by atoms with Crippen molar-refractivity contribution < 1.29 is 32.5 Å². The summed E-state index contributed by atoms with van der Waals surface area (Å²) in [7, 11) is 0. The molecule has 0 aromatic heterocycles. The van der Waals surface area contributed by atoms with Crippen molar-refractivity contribution in [2.75, 3.05) is 0 Å². The Bertz CT molecular complexity index is 1690. The molecule has 0 unspecified atom stereocenters. The zero-order valence-corrected chi connectivity index (χ0v) is 22.7. The van der Waals surface area contributed by atoms with E-state index in [2.05, 4.69) is 0 Å². The van der Waals surface area contributed by atoms with Gasteiger partial charge in [0.2, 0.25) is 0 Å². The molecule has 0 heterocycles. The molecule has 6 aromatic rings. The topological polar surface area (TPSA) is 46.2 Å². The summed E-state index contributed by atoms with van der Waals surface area (Å²) in [6, 6.07) is 40.7.